The van der Waals surface area contributed by atoms with Crippen LogP contribution in [0.15, 0.2) is 17.0 Å². The van der Waals surface area contributed by atoms with Crippen molar-refractivity contribution in [3.05, 3.63) is 30.0 Å². The Kier molecular flexibility index (Phi) is 6.58. The molecule has 1 atom stereocenters. The number of fused-ring (bicyclic) bond motifs is 1. The molecule has 0 aliphatic carbocycles. The summed E-state index contributed by atoms with van der Waals surface area (Å²) in [7, 11) is 1.56. The van der Waals surface area contributed by atoms with Crippen molar-refractivity contribution in [3.63, 3.8) is 0 Å². The second-order valence-corrected chi connectivity index (χ2v) is 7.46. The maximum atomic E-state index is 13.0. The van der Waals surface area contributed by atoms with Gasteiger partial charge in [0.25, 0.3) is 0 Å². The Bertz CT molecular complexity index is 1050. The molecule has 1 saturated heterocycles. The number of nitrogens with zero attached hydrogens (tertiary/aromatic N) is 6. The fourth-order valence-corrected chi connectivity index (χ4v) is 3.52. The van der Waals surface area contributed by atoms with Crippen LogP contribution < -0.4 is 5.32 Å². The second-order valence-electron chi connectivity index (χ2n) is 7.46. The third kappa shape index (κ3) is 5.34. The summed E-state index contributed by atoms with van der Waals surface area (Å²) in [5.41, 5.74) is 1.16. The monoisotopic (exact) mass is 455 g/mol. The second kappa shape index (κ2) is 9.38. The van der Waals surface area contributed by atoms with Crippen molar-refractivity contribution in [2.75, 3.05) is 45.3 Å². The Morgan fingerprint density at radius 1 is 1.28 bits per heavy atom. The first-order valence-corrected chi connectivity index (χ1v) is 10.1. The van der Waals surface area contributed by atoms with Crippen molar-refractivity contribution in [1.82, 2.24) is 29.4 Å². The molecule has 174 valence electrons. The van der Waals surface area contributed by atoms with Gasteiger partial charge in [0.05, 0.1) is 25.2 Å². The lowest BCUT2D eigenvalue weighted by atomic mass is 10.2. The Hall–Kier alpha value is -2.77. The van der Waals surface area contributed by atoms with E-state index >= 15 is 0 Å². The van der Waals surface area contributed by atoms with Gasteiger partial charge in [-0.1, -0.05) is 0 Å². The summed E-state index contributed by atoms with van der Waals surface area (Å²) in [5.74, 6) is 1.22. The molecule has 1 aliphatic rings. The molecule has 0 bridgehead atoms. The van der Waals surface area contributed by atoms with Crippen molar-refractivity contribution >= 4 is 17.0 Å². The number of aromatic nitrogens is 5. The average molecular weight is 455 g/mol. The Morgan fingerprint density at radius 2 is 2.12 bits per heavy atom. The number of nitrogens with one attached hydrogen (secondary N) is 1. The lowest BCUT2D eigenvalue weighted by Gasteiger charge is -2.31. The highest BCUT2D eigenvalue weighted by molar-refractivity contribution is 5.83. The predicted octanol–water partition coefficient (Wildman–Crippen LogP) is 2.32. The minimum atomic E-state index is -4.41. The number of aryl methyl sites for hydroxylation is 1. The van der Waals surface area contributed by atoms with Gasteiger partial charge in [-0.25, -0.2) is 19.9 Å². The zero-order valence-electron chi connectivity index (χ0n) is 17.7. The lowest BCUT2D eigenvalue weighted by molar-refractivity contribution is -0.140. The highest BCUT2D eigenvalue weighted by Crippen LogP contribution is 2.27. The predicted molar refractivity (Wildman–Crippen MR) is 107 cm³/mol. The molecule has 4 heterocycles. The first-order chi connectivity index (χ1) is 15.3. The first-order valence-electron chi connectivity index (χ1n) is 10.1. The van der Waals surface area contributed by atoms with E-state index in [0.717, 1.165) is 16.6 Å². The number of morpholine rings is 1. The molecule has 1 N–H and O–H groups in total. The van der Waals surface area contributed by atoms with E-state index in [-0.39, 0.29) is 11.2 Å². The fraction of sp³-hybridized carbons (Fsp3) is 0.579. The number of ether oxygens (including phenoxy) is 2. The molecule has 1 fully saturated rings. The molecular weight excluding hydrogens is 431 g/mol. The van der Waals surface area contributed by atoms with Gasteiger partial charge < -0.3 is 23.8 Å². The van der Waals surface area contributed by atoms with E-state index < -0.39 is 18.8 Å². The Morgan fingerprint density at radius 3 is 2.84 bits per heavy atom. The van der Waals surface area contributed by atoms with Crippen molar-refractivity contribution in [2.45, 2.75) is 32.3 Å². The summed E-state index contributed by atoms with van der Waals surface area (Å²) in [5, 5.41) is 3.07. The SMILES string of the molecule is COCCNc1nc(C2CN(Cc3coc(C)n3)CCO2)nc2c1ncn2CC(F)(F)F. The number of hydrogen-bond donors (Lipinski definition) is 1. The van der Waals surface area contributed by atoms with E-state index in [2.05, 4.69) is 30.2 Å². The molecule has 10 nitrogen and oxygen atoms in total. The average Bonchev–Trinajstić information content (AvgIpc) is 3.33. The van der Waals surface area contributed by atoms with Crippen LogP contribution in [0.3, 0.4) is 0 Å². The van der Waals surface area contributed by atoms with Gasteiger partial charge in [-0.3, -0.25) is 4.90 Å². The van der Waals surface area contributed by atoms with E-state index in [0.29, 0.717) is 56.9 Å². The third-order valence-corrected chi connectivity index (χ3v) is 4.92. The number of halogens is 3. The van der Waals surface area contributed by atoms with Crippen LogP contribution in [-0.2, 0) is 22.6 Å². The number of anilines is 1. The van der Waals surface area contributed by atoms with Crippen LogP contribution in [0.5, 0.6) is 0 Å². The van der Waals surface area contributed by atoms with Crippen LogP contribution in [0.2, 0.25) is 0 Å². The van der Waals surface area contributed by atoms with E-state index in [4.69, 9.17) is 13.9 Å². The van der Waals surface area contributed by atoms with Crippen molar-refractivity contribution in [3.8, 4) is 0 Å². The van der Waals surface area contributed by atoms with Crippen LogP contribution >= 0.6 is 0 Å². The number of methoxy groups -OCH3 is 1. The van der Waals surface area contributed by atoms with Gasteiger partial charge in [0.2, 0.25) is 0 Å². The molecule has 32 heavy (non-hydrogen) atoms. The normalized spacial score (nSPS) is 17.8. The molecule has 3 aromatic rings. The number of rotatable bonds is 8. The number of imidazole rings is 1. The quantitative estimate of drug-likeness (QED) is 0.513. The molecule has 3 aromatic heterocycles. The number of oxazole rings is 1. The van der Waals surface area contributed by atoms with Crippen LogP contribution in [0, 0.1) is 6.92 Å². The molecule has 13 heteroatoms. The van der Waals surface area contributed by atoms with Crippen molar-refractivity contribution in [2.24, 2.45) is 0 Å². The summed E-state index contributed by atoms with van der Waals surface area (Å²) in [6, 6.07) is 0. The molecule has 1 unspecified atom stereocenters. The van der Waals surface area contributed by atoms with E-state index in [1.807, 2.05) is 0 Å². The van der Waals surface area contributed by atoms with Gasteiger partial charge in [-0.15, -0.1) is 0 Å². The summed E-state index contributed by atoms with van der Waals surface area (Å²) in [4.78, 5) is 19.5. The molecule has 0 spiro atoms. The molecule has 0 radical (unpaired) electrons. The molecule has 4 rings (SSSR count). The smallest absolute Gasteiger partial charge is 0.406 e. The van der Waals surface area contributed by atoms with Crippen LogP contribution in [-0.4, -0.2) is 75.5 Å². The van der Waals surface area contributed by atoms with Gasteiger partial charge in [0.1, 0.15) is 24.4 Å². The standard InChI is InChI=1S/C19H24F3N7O3/c1-12-25-13(9-32-12)7-28-4-6-31-14(8-28)16-26-17(23-3-5-30-2)15-18(27-16)29(11-24-15)10-19(20,21)22/h9,11,14H,3-8,10H2,1-2H3,(H,23,26,27). The van der Waals surface area contributed by atoms with Gasteiger partial charge in [-0.2, -0.15) is 13.2 Å². The van der Waals surface area contributed by atoms with Gasteiger partial charge in [0.15, 0.2) is 23.2 Å². The molecule has 1 aliphatic heterocycles. The third-order valence-electron chi connectivity index (χ3n) is 4.92. The van der Waals surface area contributed by atoms with Gasteiger partial charge >= 0.3 is 6.18 Å². The van der Waals surface area contributed by atoms with Crippen LogP contribution in [0.1, 0.15) is 23.5 Å². The van der Waals surface area contributed by atoms with Crippen molar-refractivity contribution in [1.29, 1.82) is 0 Å². The highest BCUT2D eigenvalue weighted by atomic mass is 19.4. The number of alkyl halides is 3. The Labute approximate surface area is 181 Å². The van der Waals surface area contributed by atoms with E-state index in [1.54, 1.807) is 20.3 Å². The summed E-state index contributed by atoms with van der Waals surface area (Å²) in [6.45, 7) is 3.52. The number of hydrogen-bond acceptors (Lipinski definition) is 9. The largest absolute Gasteiger partial charge is 0.449 e. The maximum absolute atomic E-state index is 13.0. The van der Waals surface area contributed by atoms with Crippen LogP contribution in [0.25, 0.3) is 11.2 Å². The van der Waals surface area contributed by atoms with Gasteiger partial charge in [0, 0.05) is 40.2 Å². The maximum Gasteiger partial charge on any atom is 0.406 e. The first kappa shape index (κ1) is 22.4. The molecule has 0 amide bonds. The van der Waals surface area contributed by atoms with E-state index in [9.17, 15) is 13.2 Å². The van der Waals surface area contributed by atoms with E-state index in [1.165, 1.54) is 0 Å². The summed E-state index contributed by atoms with van der Waals surface area (Å²) >= 11 is 0. The summed E-state index contributed by atoms with van der Waals surface area (Å²) in [6.07, 6.45) is -2.19. The zero-order chi connectivity index (χ0) is 22.7. The van der Waals surface area contributed by atoms with Crippen molar-refractivity contribution < 1.29 is 27.1 Å². The lowest BCUT2D eigenvalue weighted by Crippen LogP contribution is -2.38. The minimum absolute atomic E-state index is 0.0973. The van der Waals surface area contributed by atoms with Gasteiger partial charge in [-0.05, 0) is 0 Å². The molecule has 0 saturated carbocycles. The Balaban J connectivity index is 1.61. The summed E-state index contributed by atoms with van der Waals surface area (Å²) < 4.78 is 56.3. The topological polar surface area (TPSA) is 103 Å². The van der Waals surface area contributed by atoms with Crippen LogP contribution in [0.4, 0.5) is 19.0 Å². The molecule has 0 aromatic carbocycles. The molecular formula is C19H24F3N7O3. The zero-order valence-corrected chi connectivity index (χ0v) is 17.7. The fourth-order valence-electron chi connectivity index (χ4n) is 3.52. The highest BCUT2D eigenvalue weighted by Gasteiger charge is 2.31. The minimum Gasteiger partial charge on any atom is -0.449 e.